The van der Waals surface area contributed by atoms with Crippen molar-refractivity contribution in [2.45, 2.75) is 46.7 Å². The number of amides is 1. The van der Waals surface area contributed by atoms with Crippen LogP contribution in [0.5, 0.6) is 0 Å². The van der Waals surface area contributed by atoms with Gasteiger partial charge in [-0.05, 0) is 20.8 Å². The maximum atomic E-state index is 12.9. The van der Waals surface area contributed by atoms with Gasteiger partial charge in [0.2, 0.25) is 5.91 Å². The number of hydrogen-bond acceptors (Lipinski definition) is 6. The van der Waals surface area contributed by atoms with E-state index in [1.54, 1.807) is 6.33 Å². The number of carbonyl (C=O) groups is 1. The largest absolute Gasteiger partial charge is 0.361 e. The van der Waals surface area contributed by atoms with Crippen LogP contribution in [-0.4, -0.2) is 47.1 Å². The third-order valence-electron chi connectivity index (χ3n) is 5.27. The third kappa shape index (κ3) is 2.92. The molecule has 0 unspecified atom stereocenters. The first kappa shape index (κ1) is 17.4. The smallest absolute Gasteiger partial charge is 0.227 e. The first-order chi connectivity index (χ1) is 13.0. The second kappa shape index (κ2) is 6.64. The number of aromatic nitrogens is 6. The minimum absolute atomic E-state index is 0.0711. The second-order valence-corrected chi connectivity index (χ2v) is 6.88. The number of aryl methyl sites for hydroxylation is 4. The molecule has 27 heavy (non-hydrogen) atoms. The molecule has 0 N–H and O–H groups in total. The summed E-state index contributed by atoms with van der Waals surface area (Å²) in [6.45, 7) is 7.72. The van der Waals surface area contributed by atoms with Crippen LogP contribution in [0.25, 0.3) is 11.5 Å². The van der Waals surface area contributed by atoms with Crippen LogP contribution in [0.2, 0.25) is 0 Å². The van der Waals surface area contributed by atoms with Crippen LogP contribution in [0.3, 0.4) is 0 Å². The van der Waals surface area contributed by atoms with Gasteiger partial charge in [0.05, 0.1) is 12.1 Å². The van der Waals surface area contributed by atoms with Gasteiger partial charge < -0.3 is 14.0 Å². The molecule has 3 aromatic heterocycles. The molecular formula is C18H23N7O2. The van der Waals surface area contributed by atoms with Gasteiger partial charge in [-0.1, -0.05) is 5.16 Å². The Morgan fingerprint density at radius 1 is 1.33 bits per heavy atom. The molecule has 0 radical (unpaired) electrons. The van der Waals surface area contributed by atoms with Crippen molar-refractivity contribution in [1.29, 1.82) is 0 Å². The van der Waals surface area contributed by atoms with Gasteiger partial charge in [0.15, 0.2) is 5.82 Å². The predicted molar refractivity (Wildman–Crippen MR) is 96.7 cm³/mol. The molecule has 0 saturated heterocycles. The summed E-state index contributed by atoms with van der Waals surface area (Å²) >= 11 is 0. The van der Waals surface area contributed by atoms with Crippen LogP contribution >= 0.6 is 0 Å². The number of fused-ring (bicyclic) bond motifs is 1. The van der Waals surface area contributed by atoms with E-state index in [0.717, 1.165) is 47.0 Å². The number of nitrogens with zero attached hydrogens (tertiary/aromatic N) is 7. The third-order valence-corrected chi connectivity index (χ3v) is 5.27. The van der Waals surface area contributed by atoms with Crippen molar-refractivity contribution in [3.8, 4) is 11.5 Å². The van der Waals surface area contributed by atoms with Crippen molar-refractivity contribution < 1.29 is 9.32 Å². The van der Waals surface area contributed by atoms with E-state index in [9.17, 15) is 4.79 Å². The summed E-state index contributed by atoms with van der Waals surface area (Å²) in [7, 11) is 1.94. The molecule has 1 amide bonds. The fourth-order valence-electron chi connectivity index (χ4n) is 3.67. The molecule has 9 nitrogen and oxygen atoms in total. The van der Waals surface area contributed by atoms with Crippen molar-refractivity contribution >= 4 is 5.91 Å². The fourth-order valence-corrected chi connectivity index (χ4v) is 3.67. The Bertz CT molecular complexity index is 978. The zero-order chi connectivity index (χ0) is 19.1. The minimum Gasteiger partial charge on any atom is -0.361 e. The summed E-state index contributed by atoms with van der Waals surface area (Å²) in [6.07, 6.45) is 2.78. The molecular weight excluding hydrogens is 346 g/mol. The highest BCUT2D eigenvalue weighted by atomic mass is 16.5. The van der Waals surface area contributed by atoms with Gasteiger partial charge >= 0.3 is 0 Å². The summed E-state index contributed by atoms with van der Waals surface area (Å²) < 4.78 is 9.05. The zero-order valence-corrected chi connectivity index (χ0v) is 16.1. The second-order valence-electron chi connectivity index (χ2n) is 6.88. The monoisotopic (exact) mass is 369 g/mol. The van der Waals surface area contributed by atoms with E-state index >= 15 is 0 Å². The SMILES string of the molecule is CCn1cnnc1-c1nn(C)c2c1CN(C(=O)Cc1c(C)noc1C)CC2. The lowest BCUT2D eigenvalue weighted by molar-refractivity contribution is -0.131. The summed E-state index contributed by atoms with van der Waals surface area (Å²) in [6, 6.07) is 0. The van der Waals surface area contributed by atoms with E-state index in [0.29, 0.717) is 25.3 Å². The quantitative estimate of drug-likeness (QED) is 0.690. The summed E-state index contributed by atoms with van der Waals surface area (Å²) in [5, 5.41) is 16.9. The minimum atomic E-state index is 0.0711. The normalized spacial score (nSPS) is 13.9. The Hall–Kier alpha value is -2.97. The molecule has 142 valence electrons. The first-order valence-electron chi connectivity index (χ1n) is 9.12. The van der Waals surface area contributed by atoms with E-state index in [-0.39, 0.29) is 5.91 Å². The number of carbonyl (C=O) groups excluding carboxylic acids is 1. The van der Waals surface area contributed by atoms with Gasteiger partial charge in [0.1, 0.15) is 17.8 Å². The average Bonchev–Trinajstić information content (AvgIpc) is 3.35. The summed E-state index contributed by atoms with van der Waals surface area (Å²) in [4.78, 5) is 14.8. The molecule has 0 bridgehead atoms. The van der Waals surface area contributed by atoms with Gasteiger partial charge in [0.25, 0.3) is 0 Å². The average molecular weight is 369 g/mol. The lowest BCUT2D eigenvalue weighted by Crippen LogP contribution is -2.37. The van der Waals surface area contributed by atoms with E-state index in [4.69, 9.17) is 4.52 Å². The van der Waals surface area contributed by atoms with E-state index in [2.05, 4.69) is 20.5 Å². The summed E-state index contributed by atoms with van der Waals surface area (Å²) in [5.41, 5.74) is 4.66. The molecule has 0 aliphatic carbocycles. The van der Waals surface area contributed by atoms with Crippen LogP contribution in [0.15, 0.2) is 10.9 Å². The molecule has 0 spiro atoms. The standard InChI is InChI=1S/C18H23N7O2/c1-5-24-10-19-20-18(24)17-14-9-25(7-6-15(14)23(4)21-17)16(26)8-13-11(2)22-27-12(13)3/h10H,5-9H2,1-4H3. The van der Waals surface area contributed by atoms with Gasteiger partial charge in [-0.3, -0.25) is 9.48 Å². The highest BCUT2D eigenvalue weighted by molar-refractivity contribution is 5.80. The molecule has 4 rings (SSSR count). The number of rotatable bonds is 4. The van der Waals surface area contributed by atoms with Crippen molar-refractivity contribution in [3.05, 3.63) is 34.6 Å². The van der Waals surface area contributed by atoms with E-state index in [1.165, 1.54) is 0 Å². The van der Waals surface area contributed by atoms with Gasteiger partial charge in [-0.25, -0.2) is 0 Å². The topological polar surface area (TPSA) is 94.9 Å². The Morgan fingerprint density at radius 3 is 2.85 bits per heavy atom. The Kier molecular flexibility index (Phi) is 4.29. The maximum absolute atomic E-state index is 12.9. The molecule has 0 saturated carbocycles. The van der Waals surface area contributed by atoms with Crippen LogP contribution < -0.4 is 0 Å². The van der Waals surface area contributed by atoms with E-state index < -0.39 is 0 Å². The van der Waals surface area contributed by atoms with Crippen LogP contribution in [0, 0.1) is 13.8 Å². The Balaban J connectivity index is 1.62. The molecule has 0 fully saturated rings. The lowest BCUT2D eigenvalue weighted by atomic mass is 10.0. The van der Waals surface area contributed by atoms with E-state index in [1.807, 2.05) is 42.0 Å². The van der Waals surface area contributed by atoms with Crippen molar-refractivity contribution in [1.82, 2.24) is 34.6 Å². The Morgan fingerprint density at radius 2 is 2.15 bits per heavy atom. The molecule has 9 heteroatoms. The maximum Gasteiger partial charge on any atom is 0.227 e. The molecule has 0 atom stereocenters. The van der Waals surface area contributed by atoms with Crippen LogP contribution in [0.4, 0.5) is 0 Å². The van der Waals surface area contributed by atoms with Crippen molar-refractivity contribution in [2.75, 3.05) is 6.54 Å². The van der Waals surface area contributed by atoms with Crippen molar-refractivity contribution in [2.24, 2.45) is 7.05 Å². The van der Waals surface area contributed by atoms with Gasteiger partial charge in [-0.2, -0.15) is 5.10 Å². The molecule has 0 aromatic carbocycles. The van der Waals surface area contributed by atoms with Gasteiger partial charge in [-0.15, -0.1) is 10.2 Å². The van der Waals surface area contributed by atoms with Crippen LogP contribution in [0.1, 0.15) is 35.2 Å². The highest BCUT2D eigenvalue weighted by Crippen LogP contribution is 2.29. The molecule has 3 aromatic rings. The fraction of sp³-hybridized carbons (Fsp3) is 0.500. The zero-order valence-electron chi connectivity index (χ0n) is 16.1. The summed E-state index contributed by atoms with van der Waals surface area (Å²) in [5.74, 6) is 1.52. The Labute approximate surface area is 157 Å². The first-order valence-corrected chi connectivity index (χ1v) is 9.12. The van der Waals surface area contributed by atoms with Crippen LogP contribution in [-0.2, 0) is 37.8 Å². The van der Waals surface area contributed by atoms with Crippen molar-refractivity contribution in [3.63, 3.8) is 0 Å². The number of hydrogen-bond donors (Lipinski definition) is 0. The molecule has 1 aliphatic heterocycles. The molecule has 1 aliphatic rings. The lowest BCUT2D eigenvalue weighted by Gasteiger charge is -2.27. The predicted octanol–water partition coefficient (Wildman–Crippen LogP) is 1.43. The van der Waals surface area contributed by atoms with Gasteiger partial charge in [0, 0.05) is 49.9 Å². The highest BCUT2D eigenvalue weighted by Gasteiger charge is 2.29. The molecule has 4 heterocycles.